The molecule has 0 radical (unpaired) electrons. The normalized spacial score (nSPS) is 11.5. The van der Waals surface area contributed by atoms with Gasteiger partial charge in [-0.15, -0.1) is 0 Å². The Balaban J connectivity index is 3.39. The highest BCUT2D eigenvalue weighted by atomic mass is 127. The molecule has 4 heteroatoms. The van der Waals surface area contributed by atoms with E-state index in [1.54, 1.807) is 0 Å². The molecular formula is C7H4Br2FI. The first-order valence-corrected chi connectivity index (χ1v) is 5.35. The number of halogens is 4. The van der Waals surface area contributed by atoms with E-state index in [0.717, 1.165) is 8.04 Å². The van der Waals surface area contributed by atoms with Crippen molar-refractivity contribution in [2.75, 3.05) is 0 Å². The fourth-order valence-corrected chi connectivity index (χ4v) is 2.12. The molecule has 11 heavy (non-hydrogen) atoms. The Bertz CT molecular complexity index is 317. The first kappa shape index (κ1) is 8.44. The summed E-state index contributed by atoms with van der Waals surface area (Å²) in [5.41, 5.74) is 0.667. The summed E-state index contributed by atoms with van der Waals surface area (Å²) in [6.45, 7) is 0.0841. The molecule has 0 fully saturated rings. The molecule has 0 saturated heterocycles. The second-order valence-corrected chi connectivity index (χ2v) is 4.62. The van der Waals surface area contributed by atoms with E-state index >= 15 is 0 Å². The summed E-state index contributed by atoms with van der Waals surface area (Å²) in [7, 11) is 0. The van der Waals surface area contributed by atoms with E-state index in [-0.39, 0.29) is 12.7 Å². The molecule has 0 spiro atoms. The van der Waals surface area contributed by atoms with Gasteiger partial charge in [0.2, 0.25) is 0 Å². The molecule has 1 aromatic carbocycles. The van der Waals surface area contributed by atoms with Crippen LogP contribution in [0, 0.1) is 16.3 Å². The summed E-state index contributed by atoms with van der Waals surface area (Å²) >= 11 is 8.45. The zero-order valence-corrected chi connectivity index (χ0v) is 10.6. The third-order valence-corrected chi connectivity index (χ3v) is 5.42. The maximum Gasteiger partial charge on any atom is 0.138 e. The van der Waals surface area contributed by atoms with Crippen LogP contribution in [0.15, 0.2) is 15.0 Å². The lowest BCUT2D eigenvalue weighted by Crippen LogP contribution is -1.87. The van der Waals surface area contributed by atoms with Crippen LogP contribution >= 0.6 is 54.5 Å². The van der Waals surface area contributed by atoms with Gasteiger partial charge in [0.1, 0.15) is 5.82 Å². The van der Waals surface area contributed by atoms with Gasteiger partial charge in [0.15, 0.2) is 0 Å². The fourth-order valence-electron chi connectivity index (χ4n) is 0.622. The number of hydrogen-bond donors (Lipinski definition) is 0. The van der Waals surface area contributed by atoms with Gasteiger partial charge in [-0.25, -0.2) is 4.39 Å². The third-order valence-electron chi connectivity index (χ3n) is 1.18. The lowest BCUT2D eigenvalue weighted by molar-refractivity contribution is 0.618. The predicted molar refractivity (Wildman–Crippen MR) is 59.3 cm³/mol. The van der Waals surface area contributed by atoms with Crippen molar-refractivity contribution in [3.05, 3.63) is 30.0 Å². The van der Waals surface area contributed by atoms with Crippen molar-refractivity contribution < 1.29 is 5.76 Å². The zero-order valence-electron chi connectivity index (χ0n) is 6.30. The summed E-state index contributed by atoms with van der Waals surface area (Å²) in [5.74, 6) is -0.315. The molecule has 0 aliphatic heterocycles. The van der Waals surface area contributed by atoms with Crippen LogP contribution in [0.4, 0.5) is 4.39 Å². The maximum absolute atomic E-state index is 13.1. The molecule has 0 nitrogen and oxygen atoms in total. The number of benzene rings is 1. The van der Waals surface area contributed by atoms with Gasteiger partial charge < -0.3 is 0 Å². The molecule has 0 unspecified atom stereocenters. The SMILES string of the molecule is [2H]Cc1cc(F)c(Br)c(I)c1Br. The molecule has 0 amide bonds. The molecule has 1 aromatic rings. The number of hydrogen-bond acceptors (Lipinski definition) is 0. The Morgan fingerprint density at radius 1 is 1.55 bits per heavy atom. The highest BCUT2D eigenvalue weighted by Crippen LogP contribution is 2.31. The molecule has 0 aromatic heterocycles. The van der Waals surface area contributed by atoms with Crippen LogP contribution in [-0.4, -0.2) is 0 Å². The van der Waals surface area contributed by atoms with Crippen LogP contribution in [0.5, 0.6) is 0 Å². The highest BCUT2D eigenvalue weighted by molar-refractivity contribution is 14.1. The van der Waals surface area contributed by atoms with Crippen LogP contribution in [0.1, 0.15) is 6.93 Å². The van der Waals surface area contributed by atoms with Crippen molar-refractivity contribution >= 4 is 54.5 Å². The van der Waals surface area contributed by atoms with E-state index in [9.17, 15) is 4.39 Å². The third kappa shape index (κ3) is 1.95. The molecule has 60 valence electrons. The lowest BCUT2D eigenvalue weighted by Gasteiger charge is -2.04. The first-order chi connectivity index (χ1) is 5.57. The Hall–Kier alpha value is 0.840. The largest absolute Gasteiger partial charge is 0.206 e. The predicted octanol–water partition coefficient (Wildman–Crippen LogP) is 4.26. The van der Waals surface area contributed by atoms with Crippen LogP contribution in [0.25, 0.3) is 0 Å². The smallest absolute Gasteiger partial charge is 0.138 e. The molecule has 0 aliphatic carbocycles. The van der Waals surface area contributed by atoms with Crippen molar-refractivity contribution in [3.8, 4) is 0 Å². The summed E-state index contributed by atoms with van der Waals surface area (Å²) < 4.78 is 22.2. The number of aryl methyl sites for hydroxylation is 1. The van der Waals surface area contributed by atoms with Gasteiger partial charge in [0, 0.05) is 9.41 Å². The Morgan fingerprint density at radius 2 is 2.18 bits per heavy atom. The monoisotopic (exact) mass is 393 g/mol. The average molecular weight is 395 g/mol. The second-order valence-electron chi connectivity index (χ2n) is 1.96. The van der Waals surface area contributed by atoms with Gasteiger partial charge >= 0.3 is 0 Å². The summed E-state index contributed by atoms with van der Waals surface area (Å²) in [5, 5.41) is 0. The van der Waals surface area contributed by atoms with Crippen molar-refractivity contribution in [2.24, 2.45) is 0 Å². The minimum absolute atomic E-state index is 0.0841. The minimum Gasteiger partial charge on any atom is -0.206 e. The average Bonchev–Trinajstić information content (AvgIpc) is 2.08. The minimum atomic E-state index is -0.315. The van der Waals surface area contributed by atoms with Gasteiger partial charge in [-0.1, -0.05) is 0 Å². The zero-order chi connectivity index (χ0) is 9.30. The molecular weight excluding hydrogens is 390 g/mol. The van der Waals surface area contributed by atoms with E-state index in [2.05, 4.69) is 31.9 Å². The summed E-state index contributed by atoms with van der Waals surface area (Å²) in [6.07, 6.45) is 0. The molecule has 0 N–H and O–H groups in total. The quantitative estimate of drug-likeness (QED) is 0.350. The van der Waals surface area contributed by atoms with Crippen LogP contribution < -0.4 is 0 Å². The van der Waals surface area contributed by atoms with Crippen molar-refractivity contribution in [1.29, 1.82) is 0 Å². The van der Waals surface area contributed by atoms with E-state index in [4.69, 9.17) is 1.37 Å². The van der Waals surface area contributed by atoms with Crippen LogP contribution in [-0.2, 0) is 0 Å². The molecule has 0 bridgehead atoms. The summed E-state index contributed by atoms with van der Waals surface area (Å²) in [4.78, 5) is 0. The van der Waals surface area contributed by atoms with Gasteiger partial charge in [-0.2, -0.15) is 0 Å². The van der Waals surface area contributed by atoms with Gasteiger partial charge in [0.05, 0.1) is 4.47 Å². The van der Waals surface area contributed by atoms with Gasteiger partial charge in [0.25, 0.3) is 0 Å². The first-order valence-electron chi connectivity index (χ1n) is 3.39. The van der Waals surface area contributed by atoms with E-state index in [1.807, 2.05) is 22.6 Å². The van der Waals surface area contributed by atoms with E-state index in [0.29, 0.717) is 10.0 Å². The standard InChI is InChI=1S/C7H4Br2FI/c1-3-2-4(10)6(9)7(11)5(3)8/h2H,1H3/i1D. The maximum atomic E-state index is 13.1. The van der Waals surface area contributed by atoms with Crippen LogP contribution in [0.3, 0.4) is 0 Å². The van der Waals surface area contributed by atoms with E-state index < -0.39 is 0 Å². The van der Waals surface area contributed by atoms with Crippen molar-refractivity contribution in [3.63, 3.8) is 0 Å². The highest BCUT2D eigenvalue weighted by Gasteiger charge is 2.09. The van der Waals surface area contributed by atoms with E-state index in [1.165, 1.54) is 6.07 Å². The summed E-state index contributed by atoms with van der Waals surface area (Å²) in [6, 6.07) is 1.36. The Kier molecular flexibility index (Phi) is 2.84. The Morgan fingerprint density at radius 3 is 2.73 bits per heavy atom. The van der Waals surface area contributed by atoms with Gasteiger partial charge in [-0.3, -0.25) is 0 Å². The molecule has 0 aliphatic rings. The van der Waals surface area contributed by atoms with Crippen LogP contribution in [0.2, 0.25) is 0 Å². The fraction of sp³-hybridized carbons (Fsp3) is 0.143. The topological polar surface area (TPSA) is 0 Å². The lowest BCUT2D eigenvalue weighted by atomic mass is 10.2. The van der Waals surface area contributed by atoms with Crippen molar-refractivity contribution in [1.82, 2.24) is 0 Å². The van der Waals surface area contributed by atoms with Gasteiger partial charge in [-0.05, 0) is 73.0 Å². The Labute approximate surface area is 96.4 Å². The van der Waals surface area contributed by atoms with Crippen molar-refractivity contribution in [2.45, 2.75) is 6.90 Å². The molecule has 0 saturated carbocycles. The molecule has 0 heterocycles. The second kappa shape index (κ2) is 3.70. The molecule has 0 atom stereocenters. The molecule has 1 rings (SSSR count). The number of rotatable bonds is 0.